The van der Waals surface area contributed by atoms with Crippen molar-refractivity contribution in [3.8, 4) is 0 Å². The van der Waals surface area contributed by atoms with Gasteiger partial charge in [0.05, 0.1) is 6.33 Å². The van der Waals surface area contributed by atoms with Crippen molar-refractivity contribution in [3.05, 3.63) is 18.2 Å². The van der Waals surface area contributed by atoms with E-state index in [4.69, 9.17) is 5.73 Å². The van der Waals surface area contributed by atoms with E-state index in [1.54, 1.807) is 0 Å². The van der Waals surface area contributed by atoms with Gasteiger partial charge in [-0.15, -0.1) is 0 Å². The van der Waals surface area contributed by atoms with Crippen LogP contribution in [0.15, 0.2) is 12.5 Å². The Bertz CT molecular complexity index is 423. The predicted molar refractivity (Wildman–Crippen MR) is 75.7 cm³/mol. The molecular formula is C16H25N3. The molecule has 0 aliphatic heterocycles. The summed E-state index contributed by atoms with van der Waals surface area (Å²) >= 11 is 0. The highest BCUT2D eigenvalue weighted by Crippen LogP contribution is 2.58. The van der Waals surface area contributed by atoms with E-state index in [2.05, 4.69) is 22.1 Å². The van der Waals surface area contributed by atoms with Gasteiger partial charge in [0.1, 0.15) is 0 Å². The third-order valence-electron chi connectivity index (χ3n) is 5.88. The Labute approximate surface area is 115 Å². The van der Waals surface area contributed by atoms with Gasteiger partial charge in [0.15, 0.2) is 0 Å². The van der Waals surface area contributed by atoms with Crippen molar-refractivity contribution in [1.82, 2.24) is 9.55 Å². The molecule has 4 aliphatic rings. The van der Waals surface area contributed by atoms with E-state index in [0.29, 0.717) is 0 Å². The standard InChI is InChI=1S/C16H25N3/c17-3-1-2-15-9-18-10-19(15)16-13-5-11-4-12(7-13)8-14(16)6-11/h9-14,16H,1-8,17H2. The zero-order valence-corrected chi connectivity index (χ0v) is 11.7. The van der Waals surface area contributed by atoms with Crippen LogP contribution in [0.3, 0.4) is 0 Å². The molecule has 4 aliphatic carbocycles. The van der Waals surface area contributed by atoms with E-state index in [1.807, 2.05) is 0 Å². The van der Waals surface area contributed by atoms with Gasteiger partial charge in [0.25, 0.3) is 0 Å². The molecule has 0 atom stereocenters. The normalized spacial score (nSPS) is 39.9. The first-order chi connectivity index (χ1) is 9.35. The maximum atomic E-state index is 5.66. The van der Waals surface area contributed by atoms with Crippen LogP contribution in [-0.2, 0) is 6.42 Å². The largest absolute Gasteiger partial charge is 0.331 e. The summed E-state index contributed by atoms with van der Waals surface area (Å²) in [5.41, 5.74) is 7.08. The molecule has 1 aromatic rings. The number of rotatable bonds is 4. The summed E-state index contributed by atoms with van der Waals surface area (Å²) in [6.07, 6.45) is 13.8. The molecule has 0 saturated heterocycles. The summed E-state index contributed by atoms with van der Waals surface area (Å²) in [6, 6.07) is 0.753. The van der Waals surface area contributed by atoms with Crippen LogP contribution in [0.25, 0.3) is 0 Å². The van der Waals surface area contributed by atoms with E-state index in [0.717, 1.165) is 49.1 Å². The minimum atomic E-state index is 0.753. The van der Waals surface area contributed by atoms with Gasteiger partial charge in [0, 0.05) is 17.9 Å². The van der Waals surface area contributed by atoms with Crippen LogP contribution in [0.1, 0.15) is 50.3 Å². The second kappa shape index (κ2) is 4.62. The Balaban J connectivity index is 1.60. The molecule has 0 radical (unpaired) electrons. The third-order valence-corrected chi connectivity index (χ3v) is 5.88. The summed E-state index contributed by atoms with van der Waals surface area (Å²) in [5.74, 6) is 3.97. The monoisotopic (exact) mass is 259 g/mol. The lowest BCUT2D eigenvalue weighted by molar-refractivity contribution is -0.0300. The Morgan fingerprint density at radius 2 is 1.79 bits per heavy atom. The lowest BCUT2D eigenvalue weighted by Crippen LogP contribution is -2.46. The summed E-state index contributed by atoms with van der Waals surface area (Å²) in [7, 11) is 0. The van der Waals surface area contributed by atoms with Gasteiger partial charge in [-0.2, -0.15) is 0 Å². The van der Waals surface area contributed by atoms with Crippen molar-refractivity contribution < 1.29 is 0 Å². The third kappa shape index (κ3) is 1.94. The zero-order chi connectivity index (χ0) is 12.8. The van der Waals surface area contributed by atoms with Crippen molar-refractivity contribution in [3.63, 3.8) is 0 Å². The quantitative estimate of drug-likeness (QED) is 0.903. The summed E-state index contributed by atoms with van der Waals surface area (Å²) < 4.78 is 2.53. The maximum Gasteiger partial charge on any atom is 0.0950 e. The molecule has 1 aromatic heterocycles. The lowest BCUT2D eigenvalue weighted by atomic mass is 9.54. The Morgan fingerprint density at radius 1 is 1.11 bits per heavy atom. The minimum Gasteiger partial charge on any atom is -0.331 e. The minimum absolute atomic E-state index is 0.753. The van der Waals surface area contributed by atoms with Crippen molar-refractivity contribution in [2.45, 2.75) is 51.0 Å². The van der Waals surface area contributed by atoms with Crippen LogP contribution < -0.4 is 5.73 Å². The lowest BCUT2D eigenvalue weighted by Gasteiger charge is -2.54. The van der Waals surface area contributed by atoms with Crippen molar-refractivity contribution in [2.24, 2.45) is 29.4 Å². The SMILES string of the molecule is NCCCc1cncn1C1C2CC3CC(C2)CC1C3. The molecule has 19 heavy (non-hydrogen) atoms. The van der Waals surface area contributed by atoms with Crippen LogP contribution in [0.4, 0.5) is 0 Å². The molecule has 4 bridgehead atoms. The highest BCUT2D eigenvalue weighted by molar-refractivity contribution is 5.07. The average Bonchev–Trinajstić information content (AvgIpc) is 2.83. The molecule has 0 aromatic carbocycles. The van der Waals surface area contributed by atoms with Gasteiger partial charge in [-0.3, -0.25) is 0 Å². The molecule has 104 valence electrons. The highest BCUT2D eigenvalue weighted by Gasteiger charge is 2.49. The average molecular weight is 259 g/mol. The molecular weight excluding hydrogens is 234 g/mol. The topological polar surface area (TPSA) is 43.8 Å². The molecule has 3 nitrogen and oxygen atoms in total. The second-order valence-corrected chi connectivity index (χ2v) is 7.11. The van der Waals surface area contributed by atoms with Crippen LogP contribution in [-0.4, -0.2) is 16.1 Å². The van der Waals surface area contributed by atoms with Gasteiger partial charge < -0.3 is 10.3 Å². The first-order valence-corrected chi connectivity index (χ1v) is 8.06. The smallest absolute Gasteiger partial charge is 0.0950 e. The molecule has 1 heterocycles. The molecule has 4 fully saturated rings. The van der Waals surface area contributed by atoms with E-state index < -0.39 is 0 Å². The number of imidazole rings is 1. The summed E-state index contributed by atoms with van der Waals surface area (Å²) in [5, 5.41) is 0. The van der Waals surface area contributed by atoms with Gasteiger partial charge in [-0.05, 0) is 75.2 Å². The summed E-state index contributed by atoms with van der Waals surface area (Å²) in [4.78, 5) is 4.43. The van der Waals surface area contributed by atoms with E-state index in [1.165, 1.54) is 37.8 Å². The first-order valence-electron chi connectivity index (χ1n) is 8.06. The number of aromatic nitrogens is 2. The second-order valence-electron chi connectivity index (χ2n) is 7.11. The number of nitrogens with two attached hydrogens (primary N) is 1. The van der Waals surface area contributed by atoms with Gasteiger partial charge in [-0.25, -0.2) is 4.98 Å². The fraction of sp³-hybridized carbons (Fsp3) is 0.812. The first kappa shape index (κ1) is 12.0. The molecule has 0 unspecified atom stereocenters. The van der Waals surface area contributed by atoms with Gasteiger partial charge in [-0.1, -0.05) is 0 Å². The molecule has 0 amide bonds. The number of hydrogen-bond donors (Lipinski definition) is 1. The molecule has 3 heteroatoms. The van der Waals surface area contributed by atoms with Gasteiger partial charge >= 0.3 is 0 Å². The van der Waals surface area contributed by atoms with Crippen molar-refractivity contribution in [1.29, 1.82) is 0 Å². The van der Waals surface area contributed by atoms with Crippen LogP contribution in [0.5, 0.6) is 0 Å². The summed E-state index contributed by atoms with van der Waals surface area (Å²) in [6.45, 7) is 0.785. The van der Waals surface area contributed by atoms with Crippen LogP contribution in [0.2, 0.25) is 0 Å². The van der Waals surface area contributed by atoms with Crippen molar-refractivity contribution in [2.75, 3.05) is 6.54 Å². The number of nitrogens with zero attached hydrogens (tertiary/aromatic N) is 2. The van der Waals surface area contributed by atoms with Crippen LogP contribution in [0, 0.1) is 23.7 Å². The van der Waals surface area contributed by atoms with E-state index >= 15 is 0 Å². The fourth-order valence-corrected chi connectivity index (χ4v) is 5.43. The Morgan fingerprint density at radius 3 is 2.42 bits per heavy atom. The molecule has 5 rings (SSSR count). The zero-order valence-electron chi connectivity index (χ0n) is 11.7. The molecule has 2 N–H and O–H groups in total. The highest BCUT2D eigenvalue weighted by atomic mass is 15.1. The van der Waals surface area contributed by atoms with Gasteiger partial charge in [0.2, 0.25) is 0 Å². The number of hydrogen-bond acceptors (Lipinski definition) is 2. The van der Waals surface area contributed by atoms with E-state index in [9.17, 15) is 0 Å². The van der Waals surface area contributed by atoms with E-state index in [-0.39, 0.29) is 0 Å². The molecule has 0 spiro atoms. The predicted octanol–water partition coefficient (Wildman–Crippen LogP) is 2.77. The van der Waals surface area contributed by atoms with Crippen molar-refractivity contribution >= 4 is 0 Å². The maximum absolute atomic E-state index is 5.66. The number of aryl methyl sites for hydroxylation is 1. The fourth-order valence-electron chi connectivity index (χ4n) is 5.43. The Kier molecular flexibility index (Phi) is 2.91. The Hall–Kier alpha value is -0.830. The van der Waals surface area contributed by atoms with Crippen LogP contribution >= 0.6 is 0 Å². The molecule has 4 saturated carbocycles.